The average molecular weight is 205 g/mol. The highest BCUT2D eigenvalue weighted by molar-refractivity contribution is 6.19. The fraction of sp³-hybridized carbons (Fsp3) is 0.800. The molecular weight excluding hydrogens is 184 g/mol. The van der Waals surface area contributed by atoms with Gasteiger partial charge in [0.25, 0.3) is 0 Å². The molecule has 0 amide bonds. The summed E-state index contributed by atoms with van der Waals surface area (Å²) in [4.78, 5) is 0. The van der Waals surface area contributed by atoms with Crippen LogP contribution < -0.4 is 10.6 Å². The van der Waals surface area contributed by atoms with Gasteiger partial charge in [0, 0.05) is 18.3 Å². The molecule has 1 fully saturated rings. The zero-order valence-corrected chi connectivity index (χ0v) is 9.45. The Kier molecular flexibility index (Phi) is 8.26. The van der Waals surface area contributed by atoms with Crippen molar-refractivity contribution in [3.05, 3.63) is 12.3 Å². The molecule has 78 valence electrons. The van der Waals surface area contributed by atoms with Crippen molar-refractivity contribution in [1.82, 2.24) is 10.6 Å². The summed E-state index contributed by atoms with van der Waals surface area (Å²) < 4.78 is 0. The Morgan fingerprint density at radius 1 is 1.62 bits per heavy atom. The Morgan fingerprint density at radius 3 is 2.77 bits per heavy atom. The second kappa shape index (κ2) is 8.39. The minimum absolute atomic E-state index is 0.510. The number of allylic oxidation sites excluding steroid dienone is 1. The van der Waals surface area contributed by atoms with E-state index < -0.39 is 0 Å². The van der Waals surface area contributed by atoms with Crippen LogP contribution in [0.2, 0.25) is 0 Å². The van der Waals surface area contributed by atoms with Crippen LogP contribution in [-0.2, 0) is 0 Å². The number of rotatable bonds is 3. The minimum Gasteiger partial charge on any atom is -0.384 e. The molecule has 0 aromatic heterocycles. The van der Waals surface area contributed by atoms with Crippen LogP contribution in [0.25, 0.3) is 0 Å². The smallest absolute Gasteiger partial charge is 0.0615 e. The lowest BCUT2D eigenvalue weighted by molar-refractivity contribution is 0.415. The Balaban J connectivity index is 0.000000671. The molecule has 2 N–H and O–H groups in total. The first-order valence-corrected chi connectivity index (χ1v) is 5.57. The summed E-state index contributed by atoms with van der Waals surface area (Å²) in [6.45, 7) is 9.98. The highest BCUT2D eigenvalue weighted by Gasteiger charge is 2.11. The lowest BCUT2D eigenvalue weighted by atomic mass is 10.1. The van der Waals surface area contributed by atoms with Gasteiger partial charge in [-0.25, -0.2) is 0 Å². The molecule has 0 aromatic carbocycles. The standard InChI is InChI=1S/C8H15ClN2.C2H6/c1-7(5-9)11-8-3-2-4-10-6-8;1-2/h8,10-11H,1-6H2;1-2H3. The molecular formula is C10H21ClN2. The molecule has 0 aromatic rings. The number of piperidine rings is 1. The number of nitrogens with one attached hydrogen (secondary N) is 2. The number of hydrogen-bond donors (Lipinski definition) is 2. The molecule has 1 aliphatic rings. The molecule has 0 aliphatic carbocycles. The van der Waals surface area contributed by atoms with Gasteiger partial charge in [0.2, 0.25) is 0 Å². The maximum atomic E-state index is 5.59. The molecule has 0 spiro atoms. The van der Waals surface area contributed by atoms with Crippen molar-refractivity contribution in [2.75, 3.05) is 19.0 Å². The maximum Gasteiger partial charge on any atom is 0.0615 e. The molecule has 2 nitrogen and oxygen atoms in total. The van der Waals surface area contributed by atoms with Crippen molar-refractivity contribution in [1.29, 1.82) is 0 Å². The van der Waals surface area contributed by atoms with Crippen LogP contribution in [0.5, 0.6) is 0 Å². The van der Waals surface area contributed by atoms with E-state index in [1.807, 2.05) is 13.8 Å². The summed E-state index contributed by atoms with van der Waals surface area (Å²) in [5.74, 6) is 0.510. The van der Waals surface area contributed by atoms with E-state index in [1.54, 1.807) is 0 Å². The van der Waals surface area contributed by atoms with Crippen LogP contribution in [0.1, 0.15) is 26.7 Å². The third-order valence-electron chi connectivity index (χ3n) is 1.87. The molecule has 13 heavy (non-hydrogen) atoms. The zero-order chi connectivity index (χ0) is 10.1. The van der Waals surface area contributed by atoms with Crippen LogP contribution in [0, 0.1) is 0 Å². The Bertz CT molecular complexity index is 131. The highest BCUT2D eigenvalue weighted by atomic mass is 35.5. The first kappa shape index (κ1) is 12.8. The average Bonchev–Trinajstić information content (AvgIpc) is 2.22. The molecule has 0 bridgehead atoms. The van der Waals surface area contributed by atoms with Crippen LogP contribution in [-0.4, -0.2) is 25.0 Å². The summed E-state index contributed by atoms with van der Waals surface area (Å²) in [6, 6.07) is 0.537. The van der Waals surface area contributed by atoms with Gasteiger partial charge in [0.1, 0.15) is 0 Å². The number of alkyl halides is 1. The molecule has 3 heteroatoms. The highest BCUT2D eigenvalue weighted by Crippen LogP contribution is 2.03. The van der Waals surface area contributed by atoms with Gasteiger partial charge in [-0.2, -0.15) is 0 Å². The Morgan fingerprint density at radius 2 is 2.31 bits per heavy atom. The summed E-state index contributed by atoms with van der Waals surface area (Å²) in [5, 5.41) is 6.60. The monoisotopic (exact) mass is 204 g/mol. The fourth-order valence-electron chi connectivity index (χ4n) is 1.30. The van der Waals surface area contributed by atoms with E-state index in [-0.39, 0.29) is 0 Å². The van der Waals surface area contributed by atoms with E-state index in [1.165, 1.54) is 12.8 Å². The van der Waals surface area contributed by atoms with E-state index in [9.17, 15) is 0 Å². The van der Waals surface area contributed by atoms with Crippen LogP contribution in [0.4, 0.5) is 0 Å². The van der Waals surface area contributed by atoms with Crippen LogP contribution in [0.3, 0.4) is 0 Å². The predicted molar refractivity (Wildman–Crippen MR) is 60.2 cm³/mol. The van der Waals surface area contributed by atoms with Crippen molar-refractivity contribution >= 4 is 11.6 Å². The van der Waals surface area contributed by atoms with Crippen molar-refractivity contribution in [3.8, 4) is 0 Å². The quantitative estimate of drug-likeness (QED) is 0.689. The third kappa shape index (κ3) is 5.94. The summed E-state index contributed by atoms with van der Waals surface area (Å²) in [7, 11) is 0. The lowest BCUT2D eigenvalue weighted by Gasteiger charge is -2.25. The predicted octanol–water partition coefficient (Wildman–Crippen LogP) is 2.11. The van der Waals surface area contributed by atoms with E-state index >= 15 is 0 Å². The van der Waals surface area contributed by atoms with E-state index in [0.29, 0.717) is 11.9 Å². The molecule has 1 heterocycles. The Labute approximate surface area is 86.7 Å². The van der Waals surface area contributed by atoms with Gasteiger partial charge in [-0.05, 0) is 19.4 Å². The molecule has 1 saturated heterocycles. The van der Waals surface area contributed by atoms with Crippen LogP contribution in [0.15, 0.2) is 12.3 Å². The van der Waals surface area contributed by atoms with E-state index in [2.05, 4.69) is 17.2 Å². The molecule has 1 unspecified atom stereocenters. The SMILES string of the molecule is C=C(CCl)NC1CCCNC1.CC. The van der Waals surface area contributed by atoms with Gasteiger partial charge < -0.3 is 10.6 Å². The van der Waals surface area contributed by atoms with Crippen LogP contribution >= 0.6 is 11.6 Å². The first-order valence-electron chi connectivity index (χ1n) is 5.04. The number of halogens is 1. The largest absolute Gasteiger partial charge is 0.384 e. The molecule has 1 aliphatic heterocycles. The summed E-state index contributed by atoms with van der Waals surface area (Å²) >= 11 is 5.59. The van der Waals surface area contributed by atoms with Gasteiger partial charge >= 0.3 is 0 Å². The summed E-state index contributed by atoms with van der Waals surface area (Å²) in [6.07, 6.45) is 2.47. The Hall–Kier alpha value is -0.210. The zero-order valence-electron chi connectivity index (χ0n) is 8.70. The molecule has 0 radical (unpaired) electrons. The third-order valence-corrected chi connectivity index (χ3v) is 2.19. The lowest BCUT2D eigenvalue weighted by Crippen LogP contribution is -2.42. The maximum absolute atomic E-state index is 5.59. The number of hydrogen-bond acceptors (Lipinski definition) is 2. The normalized spacial score (nSPS) is 21.3. The molecule has 1 rings (SSSR count). The van der Waals surface area contributed by atoms with E-state index in [4.69, 9.17) is 11.6 Å². The van der Waals surface area contributed by atoms with Gasteiger partial charge in [0.15, 0.2) is 0 Å². The topological polar surface area (TPSA) is 24.1 Å². The minimum atomic E-state index is 0.510. The molecule has 1 atom stereocenters. The van der Waals surface area contributed by atoms with Gasteiger partial charge in [0.05, 0.1) is 5.88 Å². The second-order valence-electron chi connectivity index (χ2n) is 2.92. The van der Waals surface area contributed by atoms with Gasteiger partial charge in [-0.1, -0.05) is 20.4 Å². The molecule has 0 saturated carbocycles. The first-order chi connectivity index (χ1) is 6.33. The van der Waals surface area contributed by atoms with Crippen molar-refractivity contribution < 1.29 is 0 Å². The van der Waals surface area contributed by atoms with Gasteiger partial charge in [-0.15, -0.1) is 11.6 Å². The van der Waals surface area contributed by atoms with E-state index in [0.717, 1.165) is 18.8 Å². The van der Waals surface area contributed by atoms with Crippen molar-refractivity contribution in [2.24, 2.45) is 0 Å². The fourth-order valence-corrected chi connectivity index (χ4v) is 1.38. The van der Waals surface area contributed by atoms with Crippen molar-refractivity contribution in [3.63, 3.8) is 0 Å². The van der Waals surface area contributed by atoms with Gasteiger partial charge in [-0.3, -0.25) is 0 Å². The summed E-state index contributed by atoms with van der Waals surface area (Å²) in [5.41, 5.74) is 0.931. The second-order valence-corrected chi connectivity index (χ2v) is 3.19. The van der Waals surface area contributed by atoms with Crippen molar-refractivity contribution in [2.45, 2.75) is 32.7 Å².